The van der Waals surface area contributed by atoms with Gasteiger partial charge in [0.05, 0.1) is 0 Å². The van der Waals surface area contributed by atoms with Gasteiger partial charge in [0, 0.05) is 6.04 Å². The van der Waals surface area contributed by atoms with Gasteiger partial charge in [-0.3, -0.25) is 0 Å². The van der Waals surface area contributed by atoms with Gasteiger partial charge < -0.3 is 5.32 Å². The van der Waals surface area contributed by atoms with E-state index in [0.29, 0.717) is 6.04 Å². The zero-order valence-electron chi connectivity index (χ0n) is 9.47. The van der Waals surface area contributed by atoms with Crippen LogP contribution in [0.15, 0.2) is 0 Å². The fourth-order valence-corrected chi connectivity index (χ4v) is 2.05. The van der Waals surface area contributed by atoms with E-state index in [9.17, 15) is 0 Å². The standard InChI is InChI=1S/C11H24BN/c1-4-10(2)13-9-11-5-7-12(3)8-6-11/h10-11,13H,4-9H2,1-3H3. The van der Waals surface area contributed by atoms with Crippen molar-refractivity contribution in [1.82, 2.24) is 5.32 Å². The predicted molar refractivity (Wildman–Crippen MR) is 61.7 cm³/mol. The minimum Gasteiger partial charge on any atom is -0.314 e. The molecule has 0 aromatic heterocycles. The molecule has 1 rings (SSSR count). The van der Waals surface area contributed by atoms with Crippen LogP contribution in [-0.2, 0) is 0 Å². The Hall–Kier alpha value is 0.0249. The maximum atomic E-state index is 3.62. The van der Waals surface area contributed by atoms with Crippen molar-refractivity contribution in [2.24, 2.45) is 5.92 Å². The second kappa shape index (κ2) is 5.69. The first-order valence-corrected chi connectivity index (χ1v) is 5.95. The maximum Gasteiger partial charge on any atom is 0.136 e. The summed E-state index contributed by atoms with van der Waals surface area (Å²) in [5.41, 5.74) is 0. The molecule has 0 saturated carbocycles. The molecule has 76 valence electrons. The van der Waals surface area contributed by atoms with Gasteiger partial charge in [0.25, 0.3) is 0 Å². The molecule has 13 heavy (non-hydrogen) atoms. The molecule has 1 aliphatic rings. The second-order valence-corrected chi connectivity index (χ2v) is 4.84. The van der Waals surface area contributed by atoms with Gasteiger partial charge >= 0.3 is 0 Å². The fourth-order valence-electron chi connectivity index (χ4n) is 2.05. The molecule has 1 fully saturated rings. The van der Waals surface area contributed by atoms with Crippen molar-refractivity contribution in [2.75, 3.05) is 6.54 Å². The molecule has 0 aliphatic carbocycles. The monoisotopic (exact) mass is 181 g/mol. The molecule has 0 aromatic rings. The van der Waals surface area contributed by atoms with Crippen LogP contribution in [0.3, 0.4) is 0 Å². The lowest BCUT2D eigenvalue weighted by molar-refractivity contribution is 0.402. The molecule has 1 atom stereocenters. The number of hydrogen-bond donors (Lipinski definition) is 1. The molecule has 0 amide bonds. The number of nitrogens with one attached hydrogen (secondary N) is 1. The second-order valence-electron chi connectivity index (χ2n) is 4.84. The van der Waals surface area contributed by atoms with E-state index in [1.165, 1.54) is 38.4 Å². The lowest BCUT2D eigenvalue weighted by Crippen LogP contribution is -2.33. The molecular formula is C11H24BN. The Morgan fingerprint density at radius 1 is 1.38 bits per heavy atom. The van der Waals surface area contributed by atoms with Crippen LogP contribution in [0.25, 0.3) is 0 Å². The van der Waals surface area contributed by atoms with Crippen LogP contribution in [-0.4, -0.2) is 19.3 Å². The molecule has 0 bridgehead atoms. The normalized spacial score (nSPS) is 21.9. The van der Waals surface area contributed by atoms with Gasteiger partial charge in [-0.15, -0.1) is 0 Å². The highest BCUT2D eigenvalue weighted by molar-refractivity contribution is 6.57. The highest BCUT2D eigenvalue weighted by atomic mass is 14.9. The van der Waals surface area contributed by atoms with Crippen molar-refractivity contribution in [3.63, 3.8) is 0 Å². The third-order valence-electron chi connectivity index (χ3n) is 3.50. The average molecular weight is 181 g/mol. The lowest BCUT2D eigenvalue weighted by Gasteiger charge is -2.26. The lowest BCUT2D eigenvalue weighted by atomic mass is 9.42. The Bertz CT molecular complexity index is 130. The largest absolute Gasteiger partial charge is 0.314 e. The molecule has 1 aliphatic heterocycles. The molecule has 1 saturated heterocycles. The van der Waals surface area contributed by atoms with Crippen molar-refractivity contribution >= 4 is 6.71 Å². The summed E-state index contributed by atoms with van der Waals surface area (Å²) in [5.74, 6) is 0.963. The van der Waals surface area contributed by atoms with Gasteiger partial charge in [0.1, 0.15) is 6.71 Å². The zero-order chi connectivity index (χ0) is 9.68. The Morgan fingerprint density at radius 2 is 2.00 bits per heavy atom. The minimum absolute atomic E-state index is 0.708. The Morgan fingerprint density at radius 3 is 2.54 bits per heavy atom. The quantitative estimate of drug-likeness (QED) is 0.657. The first kappa shape index (κ1) is 11.1. The van der Waals surface area contributed by atoms with E-state index in [1.54, 1.807) is 0 Å². The molecule has 0 radical (unpaired) electrons. The third kappa shape index (κ3) is 4.17. The van der Waals surface area contributed by atoms with Crippen molar-refractivity contribution in [3.8, 4) is 0 Å². The summed E-state index contributed by atoms with van der Waals surface area (Å²) >= 11 is 0. The van der Waals surface area contributed by atoms with E-state index in [4.69, 9.17) is 0 Å². The summed E-state index contributed by atoms with van der Waals surface area (Å²) in [4.78, 5) is 0. The van der Waals surface area contributed by atoms with E-state index < -0.39 is 0 Å². The van der Waals surface area contributed by atoms with Gasteiger partial charge in [-0.25, -0.2) is 0 Å². The maximum absolute atomic E-state index is 3.62. The van der Waals surface area contributed by atoms with E-state index >= 15 is 0 Å². The number of hydrogen-bond acceptors (Lipinski definition) is 1. The zero-order valence-corrected chi connectivity index (χ0v) is 9.47. The fraction of sp³-hybridized carbons (Fsp3) is 1.00. The van der Waals surface area contributed by atoms with Crippen molar-refractivity contribution in [3.05, 3.63) is 0 Å². The van der Waals surface area contributed by atoms with Crippen LogP contribution in [0, 0.1) is 5.92 Å². The Labute approximate surface area is 83.8 Å². The van der Waals surface area contributed by atoms with Gasteiger partial charge in [0.2, 0.25) is 0 Å². The molecule has 0 aromatic carbocycles. The van der Waals surface area contributed by atoms with Gasteiger partial charge in [-0.2, -0.15) is 0 Å². The topological polar surface area (TPSA) is 12.0 Å². The molecule has 2 heteroatoms. The van der Waals surface area contributed by atoms with E-state index in [-0.39, 0.29) is 0 Å². The third-order valence-corrected chi connectivity index (χ3v) is 3.50. The van der Waals surface area contributed by atoms with Crippen molar-refractivity contribution in [2.45, 2.75) is 58.6 Å². The first-order valence-electron chi connectivity index (χ1n) is 5.95. The van der Waals surface area contributed by atoms with E-state index in [2.05, 4.69) is 26.0 Å². The van der Waals surface area contributed by atoms with Crippen LogP contribution in [0.5, 0.6) is 0 Å². The molecule has 1 unspecified atom stereocenters. The molecule has 1 N–H and O–H groups in total. The summed E-state index contributed by atoms with van der Waals surface area (Å²) in [6.07, 6.45) is 7.05. The minimum atomic E-state index is 0.708. The summed E-state index contributed by atoms with van der Waals surface area (Å²) in [7, 11) is 0. The Kier molecular flexibility index (Phi) is 4.86. The smallest absolute Gasteiger partial charge is 0.136 e. The average Bonchev–Trinajstić information content (AvgIpc) is 2.16. The summed E-state index contributed by atoms with van der Waals surface area (Å²) in [5, 5.41) is 3.62. The Balaban J connectivity index is 2.08. The highest BCUT2D eigenvalue weighted by Crippen LogP contribution is 2.24. The van der Waals surface area contributed by atoms with Gasteiger partial charge in [-0.05, 0) is 25.8 Å². The van der Waals surface area contributed by atoms with Crippen LogP contribution in [0.2, 0.25) is 19.5 Å². The predicted octanol–water partition coefficient (Wildman–Crippen LogP) is 2.91. The molecule has 1 nitrogen and oxygen atoms in total. The van der Waals surface area contributed by atoms with Crippen LogP contribution in [0.1, 0.15) is 33.1 Å². The van der Waals surface area contributed by atoms with Crippen molar-refractivity contribution in [1.29, 1.82) is 0 Å². The van der Waals surface area contributed by atoms with Gasteiger partial charge in [-0.1, -0.05) is 39.2 Å². The van der Waals surface area contributed by atoms with E-state index in [1.807, 2.05) is 0 Å². The highest BCUT2D eigenvalue weighted by Gasteiger charge is 2.19. The van der Waals surface area contributed by atoms with Crippen molar-refractivity contribution < 1.29 is 0 Å². The summed E-state index contributed by atoms with van der Waals surface area (Å²) < 4.78 is 0. The molecule has 1 heterocycles. The summed E-state index contributed by atoms with van der Waals surface area (Å²) in [6, 6.07) is 0.708. The molecular weight excluding hydrogens is 157 g/mol. The first-order chi connectivity index (χ1) is 6.22. The SMILES string of the molecule is CCC(C)NCC1CCB(C)CC1. The number of rotatable bonds is 4. The van der Waals surface area contributed by atoms with Crippen LogP contribution in [0.4, 0.5) is 0 Å². The molecule has 0 spiro atoms. The van der Waals surface area contributed by atoms with E-state index in [0.717, 1.165) is 12.6 Å². The van der Waals surface area contributed by atoms with Crippen LogP contribution < -0.4 is 5.32 Å². The van der Waals surface area contributed by atoms with Gasteiger partial charge in [0.15, 0.2) is 0 Å². The van der Waals surface area contributed by atoms with Crippen LogP contribution >= 0.6 is 0 Å². The summed E-state index contributed by atoms with van der Waals surface area (Å²) in [6.45, 7) is 9.16.